The van der Waals surface area contributed by atoms with Gasteiger partial charge in [-0.05, 0) is 65.0 Å². The maximum Gasteiger partial charge on any atom is 0.0611 e. The van der Waals surface area contributed by atoms with E-state index in [1.165, 1.54) is 45.1 Å². The molecule has 2 unspecified atom stereocenters. The van der Waals surface area contributed by atoms with Gasteiger partial charge in [-0.15, -0.1) is 0 Å². The fourth-order valence-electron chi connectivity index (χ4n) is 4.60. The lowest BCUT2D eigenvalue weighted by atomic mass is 9.77. The van der Waals surface area contributed by atoms with E-state index in [-0.39, 0.29) is 12.1 Å². The van der Waals surface area contributed by atoms with Gasteiger partial charge in [-0.3, -0.25) is 4.90 Å². The molecule has 1 saturated carbocycles. The van der Waals surface area contributed by atoms with Gasteiger partial charge >= 0.3 is 0 Å². The molecule has 1 aliphatic carbocycles. The van der Waals surface area contributed by atoms with Crippen molar-refractivity contribution < 1.29 is 5.11 Å². The van der Waals surface area contributed by atoms with Crippen LogP contribution in [0.15, 0.2) is 0 Å². The van der Waals surface area contributed by atoms with E-state index in [1.807, 2.05) is 0 Å². The van der Waals surface area contributed by atoms with Crippen molar-refractivity contribution in [1.82, 2.24) is 10.2 Å². The van der Waals surface area contributed by atoms with E-state index in [0.717, 1.165) is 24.9 Å². The number of nitrogens with one attached hydrogen (secondary N) is 1. The lowest BCUT2D eigenvalue weighted by molar-refractivity contribution is 0.0144. The fraction of sp³-hybridized carbons (Fsp3) is 1.00. The Morgan fingerprint density at radius 3 is 2.65 bits per heavy atom. The minimum absolute atomic E-state index is 0.129. The summed E-state index contributed by atoms with van der Waals surface area (Å²) in [5.41, 5.74) is -0.129. The van der Waals surface area contributed by atoms with Crippen molar-refractivity contribution in [3.05, 3.63) is 0 Å². The van der Waals surface area contributed by atoms with Gasteiger partial charge in [0, 0.05) is 17.6 Å². The van der Waals surface area contributed by atoms with Gasteiger partial charge in [0.1, 0.15) is 0 Å². The molecule has 0 aromatic carbocycles. The first kappa shape index (κ1) is 16.3. The van der Waals surface area contributed by atoms with Crippen molar-refractivity contribution in [2.24, 2.45) is 5.92 Å². The monoisotopic (exact) mass is 282 g/mol. The number of fused-ring (bicyclic) bond motifs is 1. The Labute approximate surface area is 125 Å². The first-order chi connectivity index (χ1) is 9.59. The number of likely N-dealkylation sites (N-methyl/N-ethyl adjacent to an activating group) is 1. The van der Waals surface area contributed by atoms with Crippen LogP contribution in [0.4, 0.5) is 0 Å². The maximum absolute atomic E-state index is 9.72. The molecule has 20 heavy (non-hydrogen) atoms. The smallest absolute Gasteiger partial charge is 0.0611 e. The van der Waals surface area contributed by atoms with Crippen LogP contribution in [0.25, 0.3) is 0 Å². The Bertz CT molecular complexity index is 295. The largest absolute Gasteiger partial charge is 0.394 e. The molecule has 2 fully saturated rings. The second kappa shape index (κ2) is 7.24. The van der Waals surface area contributed by atoms with Gasteiger partial charge in [0.2, 0.25) is 0 Å². The van der Waals surface area contributed by atoms with Crippen molar-refractivity contribution in [3.8, 4) is 0 Å². The van der Waals surface area contributed by atoms with Gasteiger partial charge in [0.15, 0.2) is 0 Å². The first-order valence-corrected chi connectivity index (χ1v) is 8.71. The molecule has 0 aromatic heterocycles. The highest BCUT2D eigenvalue weighted by Crippen LogP contribution is 2.37. The number of piperidine rings is 1. The van der Waals surface area contributed by atoms with Crippen LogP contribution in [-0.2, 0) is 0 Å². The van der Waals surface area contributed by atoms with E-state index in [1.54, 1.807) is 0 Å². The summed E-state index contributed by atoms with van der Waals surface area (Å²) in [6.45, 7) is 9.06. The van der Waals surface area contributed by atoms with E-state index in [2.05, 4.69) is 31.0 Å². The van der Waals surface area contributed by atoms with Crippen LogP contribution >= 0.6 is 0 Å². The molecule has 1 heterocycles. The first-order valence-electron chi connectivity index (χ1n) is 8.71. The Morgan fingerprint density at radius 1 is 1.25 bits per heavy atom. The number of rotatable bonds is 6. The highest BCUT2D eigenvalue weighted by molar-refractivity contribution is 4.93. The zero-order valence-electron chi connectivity index (χ0n) is 13.7. The summed E-state index contributed by atoms with van der Waals surface area (Å²) < 4.78 is 0. The van der Waals surface area contributed by atoms with Crippen molar-refractivity contribution in [1.29, 1.82) is 0 Å². The zero-order chi connectivity index (χ0) is 14.6. The predicted molar refractivity (Wildman–Crippen MR) is 84.9 cm³/mol. The van der Waals surface area contributed by atoms with Gasteiger partial charge < -0.3 is 10.4 Å². The third-order valence-electron chi connectivity index (χ3n) is 5.55. The molecule has 2 rings (SSSR count). The number of hydrogen-bond donors (Lipinski definition) is 2. The summed E-state index contributed by atoms with van der Waals surface area (Å²) in [5.74, 6) is 0.944. The number of nitrogens with zero attached hydrogens (tertiary/aromatic N) is 1. The summed E-state index contributed by atoms with van der Waals surface area (Å²) >= 11 is 0. The average molecular weight is 282 g/mol. The summed E-state index contributed by atoms with van der Waals surface area (Å²) in [6.07, 6.45) is 9.54. The topological polar surface area (TPSA) is 35.5 Å². The molecule has 3 nitrogen and oxygen atoms in total. The number of aliphatic hydroxyl groups excluding tert-OH is 1. The molecule has 0 spiro atoms. The Kier molecular flexibility index (Phi) is 5.88. The van der Waals surface area contributed by atoms with E-state index >= 15 is 0 Å². The van der Waals surface area contributed by atoms with Gasteiger partial charge in [0.25, 0.3) is 0 Å². The molecule has 4 atom stereocenters. The minimum Gasteiger partial charge on any atom is -0.394 e. The highest BCUT2D eigenvalue weighted by Gasteiger charge is 2.37. The van der Waals surface area contributed by atoms with Crippen LogP contribution < -0.4 is 5.32 Å². The number of aliphatic hydroxyl groups is 1. The second-order valence-electron chi connectivity index (χ2n) is 7.29. The van der Waals surface area contributed by atoms with Crippen molar-refractivity contribution >= 4 is 0 Å². The second-order valence-corrected chi connectivity index (χ2v) is 7.29. The van der Waals surface area contributed by atoms with E-state index in [4.69, 9.17) is 0 Å². The molecule has 2 aliphatic rings. The lowest BCUT2D eigenvalue weighted by Gasteiger charge is -2.48. The van der Waals surface area contributed by atoms with Crippen molar-refractivity contribution in [2.75, 3.05) is 19.7 Å². The van der Waals surface area contributed by atoms with Crippen molar-refractivity contribution in [2.45, 2.75) is 83.3 Å². The standard InChI is InChI=1S/C17H34N2O/c1-4-18-17(3,13-20)12-14(2)19-11-7-9-15-8-5-6-10-16(15)19/h14-16,18,20H,4-13H2,1-3H3/t14?,15-,16-,17?/m1/s1. The maximum atomic E-state index is 9.72. The van der Waals surface area contributed by atoms with Gasteiger partial charge in [-0.2, -0.15) is 0 Å². The lowest BCUT2D eigenvalue weighted by Crippen LogP contribution is -2.55. The van der Waals surface area contributed by atoms with Crippen LogP contribution in [0.1, 0.15) is 65.7 Å². The van der Waals surface area contributed by atoms with E-state index < -0.39 is 0 Å². The Balaban J connectivity index is 1.97. The minimum atomic E-state index is -0.129. The third kappa shape index (κ3) is 3.75. The van der Waals surface area contributed by atoms with Crippen LogP contribution in [0, 0.1) is 5.92 Å². The predicted octanol–water partition coefficient (Wildman–Crippen LogP) is 2.78. The van der Waals surface area contributed by atoms with Gasteiger partial charge in [-0.1, -0.05) is 19.8 Å². The fourth-order valence-corrected chi connectivity index (χ4v) is 4.60. The molecule has 1 aliphatic heterocycles. The Morgan fingerprint density at radius 2 is 1.95 bits per heavy atom. The summed E-state index contributed by atoms with van der Waals surface area (Å²) in [5, 5.41) is 13.2. The zero-order valence-corrected chi connectivity index (χ0v) is 13.7. The summed E-state index contributed by atoms with van der Waals surface area (Å²) in [4.78, 5) is 2.76. The molecule has 0 amide bonds. The van der Waals surface area contributed by atoms with Crippen LogP contribution in [-0.4, -0.2) is 47.3 Å². The molecule has 0 bridgehead atoms. The summed E-state index contributed by atoms with van der Waals surface area (Å²) in [6, 6.07) is 1.38. The molecule has 3 heteroatoms. The van der Waals surface area contributed by atoms with Crippen molar-refractivity contribution in [3.63, 3.8) is 0 Å². The highest BCUT2D eigenvalue weighted by atomic mass is 16.3. The molecular formula is C17H34N2O. The van der Waals surface area contributed by atoms with Crippen LogP contribution in [0.5, 0.6) is 0 Å². The van der Waals surface area contributed by atoms with Gasteiger partial charge in [0.05, 0.1) is 6.61 Å². The van der Waals surface area contributed by atoms with E-state index in [9.17, 15) is 5.11 Å². The van der Waals surface area contributed by atoms with Crippen LogP contribution in [0.3, 0.4) is 0 Å². The van der Waals surface area contributed by atoms with Gasteiger partial charge in [-0.25, -0.2) is 0 Å². The SMILES string of the molecule is CCNC(C)(CO)CC(C)N1CCC[C@H]2CCCC[C@H]21. The molecule has 118 valence electrons. The Hall–Kier alpha value is -0.120. The third-order valence-corrected chi connectivity index (χ3v) is 5.55. The summed E-state index contributed by atoms with van der Waals surface area (Å²) in [7, 11) is 0. The average Bonchev–Trinajstić information content (AvgIpc) is 2.46. The molecule has 0 aromatic rings. The van der Waals surface area contributed by atoms with E-state index in [0.29, 0.717) is 6.04 Å². The normalized spacial score (nSPS) is 32.4. The molecule has 0 radical (unpaired) electrons. The number of likely N-dealkylation sites (tertiary alicyclic amines) is 1. The molecular weight excluding hydrogens is 248 g/mol. The van der Waals surface area contributed by atoms with Crippen LogP contribution in [0.2, 0.25) is 0 Å². The molecule has 1 saturated heterocycles. The quantitative estimate of drug-likeness (QED) is 0.786. The molecule has 2 N–H and O–H groups in total. The number of hydrogen-bond acceptors (Lipinski definition) is 3.